The molecule has 3 aromatic carbocycles. The average molecular weight is 483 g/mol. The van der Waals surface area contributed by atoms with Crippen molar-refractivity contribution in [3.63, 3.8) is 0 Å². The highest BCUT2D eigenvalue weighted by Gasteiger charge is 2.22. The number of nitrogens with zero attached hydrogens (tertiary/aromatic N) is 1. The lowest BCUT2D eigenvalue weighted by atomic mass is 10.2. The van der Waals surface area contributed by atoms with Gasteiger partial charge in [0.1, 0.15) is 18.9 Å². The number of carbonyl (C=O) groups is 2. The monoisotopic (exact) mass is 482 g/mol. The molecule has 0 radical (unpaired) electrons. The van der Waals surface area contributed by atoms with Crippen LogP contribution in [0.2, 0.25) is 0 Å². The van der Waals surface area contributed by atoms with Crippen molar-refractivity contribution < 1.29 is 27.5 Å². The van der Waals surface area contributed by atoms with Crippen molar-refractivity contribution in [2.45, 2.75) is 13.5 Å². The van der Waals surface area contributed by atoms with Crippen LogP contribution < -0.4 is 14.4 Å². The number of esters is 1. The van der Waals surface area contributed by atoms with Gasteiger partial charge in [0, 0.05) is 0 Å². The zero-order valence-electron chi connectivity index (χ0n) is 18.9. The van der Waals surface area contributed by atoms with Crippen LogP contribution in [0.15, 0.2) is 78.9 Å². The highest BCUT2D eigenvalue weighted by Crippen LogP contribution is 2.23. The first kappa shape index (κ1) is 24.8. The fourth-order valence-electron chi connectivity index (χ4n) is 3.15. The minimum atomic E-state index is -3.77. The number of para-hydroxylation sites is 1. The largest absolute Gasteiger partial charge is 0.489 e. The molecular weight excluding hydrogens is 456 g/mol. The van der Waals surface area contributed by atoms with E-state index in [1.165, 1.54) is 6.07 Å². The van der Waals surface area contributed by atoms with Gasteiger partial charge in [-0.3, -0.25) is 9.10 Å². The van der Waals surface area contributed by atoms with Crippen LogP contribution in [-0.4, -0.2) is 39.7 Å². The van der Waals surface area contributed by atoms with Crippen molar-refractivity contribution in [1.29, 1.82) is 0 Å². The molecule has 0 fully saturated rings. The van der Waals surface area contributed by atoms with Crippen LogP contribution in [0.25, 0.3) is 0 Å². The molecule has 0 aliphatic heterocycles. The van der Waals surface area contributed by atoms with Gasteiger partial charge in [0.15, 0.2) is 0 Å². The molecule has 178 valence electrons. The summed E-state index contributed by atoms with van der Waals surface area (Å²) in [6.07, 6.45) is 1.02. The molecule has 0 saturated carbocycles. The van der Waals surface area contributed by atoms with Gasteiger partial charge in [-0.2, -0.15) is 0 Å². The topological polar surface area (TPSA) is 102 Å². The highest BCUT2D eigenvalue weighted by molar-refractivity contribution is 7.92. The molecule has 3 aromatic rings. The van der Waals surface area contributed by atoms with E-state index in [-0.39, 0.29) is 17.9 Å². The highest BCUT2D eigenvalue weighted by atomic mass is 32.2. The summed E-state index contributed by atoms with van der Waals surface area (Å²) in [7, 11) is -3.77. The third-order valence-corrected chi connectivity index (χ3v) is 5.90. The molecular formula is C25H26N2O6S. The van der Waals surface area contributed by atoms with Crippen molar-refractivity contribution >= 4 is 33.3 Å². The van der Waals surface area contributed by atoms with Gasteiger partial charge in [-0.05, 0) is 48.9 Å². The van der Waals surface area contributed by atoms with Crippen molar-refractivity contribution in [3.05, 3.63) is 90.0 Å². The lowest BCUT2D eigenvalue weighted by Crippen LogP contribution is -2.37. The number of hydrogen-bond donors (Lipinski definition) is 1. The summed E-state index contributed by atoms with van der Waals surface area (Å²) in [5.41, 5.74) is 1.74. The number of sulfonamides is 1. The van der Waals surface area contributed by atoms with E-state index in [9.17, 15) is 18.0 Å². The average Bonchev–Trinajstić information content (AvgIpc) is 2.82. The Bertz CT molecular complexity index is 1230. The van der Waals surface area contributed by atoms with Crippen LogP contribution in [0, 0.1) is 0 Å². The van der Waals surface area contributed by atoms with Crippen LogP contribution >= 0.6 is 0 Å². The molecule has 3 rings (SSSR count). The van der Waals surface area contributed by atoms with Crippen LogP contribution in [-0.2, 0) is 26.2 Å². The maximum absolute atomic E-state index is 12.7. The molecule has 0 unspecified atom stereocenters. The second kappa shape index (κ2) is 11.3. The Labute approximate surface area is 199 Å². The molecule has 0 aliphatic rings. The summed E-state index contributed by atoms with van der Waals surface area (Å²) in [6.45, 7) is 1.77. The van der Waals surface area contributed by atoms with E-state index in [1.807, 2.05) is 30.3 Å². The Morgan fingerprint density at radius 3 is 2.21 bits per heavy atom. The van der Waals surface area contributed by atoms with Crippen LogP contribution in [0.1, 0.15) is 22.8 Å². The van der Waals surface area contributed by atoms with Crippen LogP contribution in [0.3, 0.4) is 0 Å². The molecule has 1 amide bonds. The number of amides is 1. The van der Waals surface area contributed by atoms with E-state index < -0.39 is 28.4 Å². The molecule has 0 aromatic heterocycles. The van der Waals surface area contributed by atoms with Gasteiger partial charge in [-0.25, -0.2) is 13.2 Å². The molecule has 0 heterocycles. The zero-order chi connectivity index (χ0) is 24.6. The molecule has 9 heteroatoms. The molecule has 1 N–H and O–H groups in total. The van der Waals surface area contributed by atoms with Gasteiger partial charge >= 0.3 is 5.97 Å². The molecule has 0 bridgehead atoms. The summed E-state index contributed by atoms with van der Waals surface area (Å²) < 4.78 is 36.6. The molecule has 0 atom stereocenters. The maximum atomic E-state index is 12.7. The minimum absolute atomic E-state index is 0.184. The van der Waals surface area contributed by atoms with E-state index in [1.54, 1.807) is 49.4 Å². The van der Waals surface area contributed by atoms with E-state index in [4.69, 9.17) is 9.47 Å². The number of carbonyl (C=O) groups excluding carboxylic acids is 2. The Morgan fingerprint density at radius 1 is 0.912 bits per heavy atom. The molecule has 8 nitrogen and oxygen atoms in total. The van der Waals surface area contributed by atoms with Gasteiger partial charge in [0.2, 0.25) is 15.9 Å². The Balaban J connectivity index is 1.71. The first-order valence-electron chi connectivity index (χ1n) is 10.6. The Hall–Kier alpha value is -3.85. The second-order valence-electron chi connectivity index (χ2n) is 7.35. The maximum Gasteiger partial charge on any atom is 0.340 e. The van der Waals surface area contributed by atoms with Crippen LogP contribution in [0.4, 0.5) is 11.4 Å². The number of rotatable bonds is 10. The van der Waals surface area contributed by atoms with Gasteiger partial charge in [-0.15, -0.1) is 0 Å². The number of anilines is 2. The Morgan fingerprint density at radius 2 is 1.56 bits per heavy atom. The van der Waals surface area contributed by atoms with Crippen molar-refractivity contribution in [2.24, 2.45) is 0 Å². The van der Waals surface area contributed by atoms with E-state index >= 15 is 0 Å². The summed E-state index contributed by atoms with van der Waals surface area (Å²) in [4.78, 5) is 24.8. The fourth-order valence-corrected chi connectivity index (χ4v) is 4.01. The lowest BCUT2D eigenvalue weighted by Gasteiger charge is -2.22. The van der Waals surface area contributed by atoms with Gasteiger partial charge in [-0.1, -0.05) is 42.5 Å². The third-order valence-electron chi connectivity index (χ3n) is 4.76. The lowest BCUT2D eigenvalue weighted by molar-refractivity contribution is -0.114. The number of ether oxygens (including phenoxy) is 2. The fraction of sp³-hybridized carbons (Fsp3) is 0.200. The molecule has 0 aliphatic carbocycles. The zero-order valence-corrected chi connectivity index (χ0v) is 19.7. The smallest absolute Gasteiger partial charge is 0.340 e. The molecule has 0 saturated heterocycles. The Kier molecular flexibility index (Phi) is 8.26. The second-order valence-corrected chi connectivity index (χ2v) is 9.26. The number of benzene rings is 3. The van der Waals surface area contributed by atoms with Crippen molar-refractivity contribution in [3.8, 4) is 5.75 Å². The quantitative estimate of drug-likeness (QED) is 0.441. The third kappa shape index (κ3) is 6.82. The van der Waals surface area contributed by atoms with Crippen molar-refractivity contribution in [2.75, 3.05) is 29.0 Å². The molecule has 0 spiro atoms. The van der Waals surface area contributed by atoms with E-state index in [0.717, 1.165) is 16.1 Å². The predicted molar refractivity (Wildman–Crippen MR) is 130 cm³/mol. The summed E-state index contributed by atoms with van der Waals surface area (Å²) in [5, 5.41) is 2.60. The van der Waals surface area contributed by atoms with E-state index in [2.05, 4.69) is 5.32 Å². The first-order valence-corrected chi connectivity index (χ1v) is 12.4. The SMILES string of the molecule is CCOC(=O)c1ccccc1NC(=O)CN(c1ccc(OCc2ccccc2)cc1)S(C)(=O)=O. The van der Waals surface area contributed by atoms with Gasteiger partial charge in [0.05, 0.1) is 29.8 Å². The first-order chi connectivity index (χ1) is 16.3. The minimum Gasteiger partial charge on any atom is -0.489 e. The summed E-state index contributed by atoms with van der Waals surface area (Å²) in [5.74, 6) is -0.620. The molecule has 34 heavy (non-hydrogen) atoms. The van der Waals surface area contributed by atoms with Crippen molar-refractivity contribution in [1.82, 2.24) is 0 Å². The standard InChI is InChI=1S/C25H26N2O6S/c1-3-32-25(29)22-11-7-8-12-23(22)26-24(28)17-27(34(2,30)31)20-13-15-21(16-14-20)33-18-19-9-5-4-6-10-19/h4-16H,3,17-18H2,1-2H3,(H,26,28). The van der Waals surface area contributed by atoms with Gasteiger partial charge in [0.25, 0.3) is 0 Å². The number of hydrogen-bond acceptors (Lipinski definition) is 6. The van der Waals surface area contributed by atoms with E-state index in [0.29, 0.717) is 18.0 Å². The summed E-state index contributed by atoms with van der Waals surface area (Å²) >= 11 is 0. The number of nitrogens with one attached hydrogen (secondary N) is 1. The van der Waals surface area contributed by atoms with Crippen LogP contribution in [0.5, 0.6) is 5.75 Å². The predicted octanol–water partition coefficient (Wildman–Crippen LogP) is 3.85. The van der Waals surface area contributed by atoms with Gasteiger partial charge < -0.3 is 14.8 Å². The normalized spacial score (nSPS) is 10.9. The summed E-state index contributed by atoms with van der Waals surface area (Å²) in [6, 6.07) is 22.4.